The summed E-state index contributed by atoms with van der Waals surface area (Å²) in [5, 5.41) is 8.66. The summed E-state index contributed by atoms with van der Waals surface area (Å²) in [6.07, 6.45) is 0. The lowest BCUT2D eigenvalue weighted by atomic mass is 10.1. The van der Waals surface area contributed by atoms with Crippen LogP contribution < -0.4 is 9.47 Å². The van der Waals surface area contributed by atoms with E-state index >= 15 is 0 Å². The quantitative estimate of drug-likeness (QED) is 0.616. The average molecular weight is 224 g/mol. The van der Waals surface area contributed by atoms with Crippen LogP contribution in [0, 0.1) is 6.92 Å². The number of rotatable bonds is 4. The molecular formula is C11H12O5. The molecule has 86 valence electrons. The van der Waals surface area contributed by atoms with E-state index in [9.17, 15) is 9.59 Å². The van der Waals surface area contributed by atoms with Crippen molar-refractivity contribution in [3.8, 4) is 11.5 Å². The largest absolute Gasteiger partial charge is 0.493 e. The Bertz CT molecular complexity index is 436. The van der Waals surface area contributed by atoms with Crippen molar-refractivity contribution in [1.29, 1.82) is 0 Å². The van der Waals surface area contributed by atoms with E-state index in [1.165, 1.54) is 20.3 Å². The first kappa shape index (κ1) is 12.0. The summed E-state index contributed by atoms with van der Waals surface area (Å²) >= 11 is 0. The SMILES string of the molecule is COc1cc(C)cc(C(=O)C(=O)O)c1OC. The summed E-state index contributed by atoms with van der Waals surface area (Å²) in [4.78, 5) is 22.0. The number of aliphatic carboxylic acids is 1. The zero-order chi connectivity index (χ0) is 12.3. The van der Waals surface area contributed by atoms with Gasteiger partial charge in [-0.2, -0.15) is 0 Å². The van der Waals surface area contributed by atoms with Gasteiger partial charge in [0.25, 0.3) is 5.78 Å². The first-order valence-corrected chi connectivity index (χ1v) is 4.51. The van der Waals surface area contributed by atoms with Gasteiger partial charge in [0.15, 0.2) is 11.5 Å². The number of methoxy groups -OCH3 is 2. The number of carboxylic acids is 1. The number of benzene rings is 1. The summed E-state index contributed by atoms with van der Waals surface area (Å²) in [7, 11) is 2.78. The van der Waals surface area contributed by atoms with E-state index in [4.69, 9.17) is 14.6 Å². The van der Waals surface area contributed by atoms with Crippen LogP contribution in [-0.4, -0.2) is 31.1 Å². The molecule has 0 aromatic heterocycles. The molecule has 0 atom stereocenters. The molecule has 5 heteroatoms. The van der Waals surface area contributed by atoms with Crippen LogP contribution >= 0.6 is 0 Å². The third-order valence-electron chi connectivity index (χ3n) is 2.06. The van der Waals surface area contributed by atoms with E-state index in [0.717, 1.165) is 5.56 Å². The number of aryl methyl sites for hydroxylation is 1. The second-order valence-electron chi connectivity index (χ2n) is 3.18. The molecule has 0 spiro atoms. The number of carboxylic acid groups (broad SMARTS) is 1. The van der Waals surface area contributed by atoms with Crippen molar-refractivity contribution in [2.75, 3.05) is 14.2 Å². The molecule has 0 saturated heterocycles. The van der Waals surface area contributed by atoms with Crippen molar-refractivity contribution in [3.63, 3.8) is 0 Å². The fourth-order valence-electron chi connectivity index (χ4n) is 1.39. The summed E-state index contributed by atoms with van der Waals surface area (Å²) in [6, 6.07) is 3.12. The van der Waals surface area contributed by atoms with Gasteiger partial charge in [-0.3, -0.25) is 4.79 Å². The van der Waals surface area contributed by atoms with Gasteiger partial charge in [0.05, 0.1) is 19.8 Å². The Kier molecular flexibility index (Phi) is 3.50. The predicted octanol–water partition coefficient (Wildman–Crippen LogP) is 1.28. The minimum Gasteiger partial charge on any atom is -0.493 e. The fourth-order valence-corrected chi connectivity index (χ4v) is 1.39. The van der Waals surface area contributed by atoms with Gasteiger partial charge in [0.1, 0.15) is 0 Å². The molecule has 0 aliphatic carbocycles. The van der Waals surface area contributed by atoms with Crippen LogP contribution in [0.25, 0.3) is 0 Å². The minimum atomic E-state index is -1.52. The Labute approximate surface area is 92.6 Å². The molecule has 0 aliphatic heterocycles. The lowest BCUT2D eigenvalue weighted by molar-refractivity contribution is -0.131. The topological polar surface area (TPSA) is 72.8 Å². The van der Waals surface area contributed by atoms with E-state index in [-0.39, 0.29) is 11.3 Å². The van der Waals surface area contributed by atoms with Crippen LogP contribution in [0.4, 0.5) is 0 Å². The molecule has 1 aromatic carbocycles. The molecule has 0 heterocycles. The number of carbonyl (C=O) groups excluding carboxylic acids is 1. The van der Waals surface area contributed by atoms with E-state index in [1.54, 1.807) is 13.0 Å². The lowest BCUT2D eigenvalue weighted by Crippen LogP contribution is -2.14. The standard InChI is InChI=1S/C11H12O5/c1-6-4-7(9(12)11(13)14)10(16-3)8(5-6)15-2/h4-5H,1-3H3,(H,13,14). The zero-order valence-corrected chi connectivity index (χ0v) is 9.23. The van der Waals surface area contributed by atoms with Crippen molar-refractivity contribution in [3.05, 3.63) is 23.3 Å². The van der Waals surface area contributed by atoms with Crippen LogP contribution in [0.5, 0.6) is 11.5 Å². The highest BCUT2D eigenvalue weighted by molar-refractivity contribution is 6.40. The van der Waals surface area contributed by atoms with E-state index in [0.29, 0.717) is 5.75 Å². The Morgan fingerprint density at radius 3 is 2.25 bits per heavy atom. The molecule has 0 radical (unpaired) electrons. The minimum absolute atomic E-state index is 0.00755. The third-order valence-corrected chi connectivity index (χ3v) is 2.06. The second-order valence-corrected chi connectivity index (χ2v) is 3.18. The Hall–Kier alpha value is -2.04. The van der Waals surface area contributed by atoms with E-state index in [2.05, 4.69) is 0 Å². The fraction of sp³-hybridized carbons (Fsp3) is 0.273. The van der Waals surface area contributed by atoms with Crippen LogP contribution in [0.15, 0.2) is 12.1 Å². The molecule has 0 amide bonds. The maximum atomic E-state index is 11.4. The van der Waals surface area contributed by atoms with Crippen molar-refractivity contribution in [2.24, 2.45) is 0 Å². The van der Waals surface area contributed by atoms with Crippen LogP contribution in [0.2, 0.25) is 0 Å². The maximum absolute atomic E-state index is 11.4. The van der Waals surface area contributed by atoms with Crippen LogP contribution in [-0.2, 0) is 4.79 Å². The Morgan fingerprint density at radius 1 is 1.19 bits per heavy atom. The molecule has 1 aromatic rings. The molecule has 5 nitrogen and oxygen atoms in total. The lowest BCUT2D eigenvalue weighted by Gasteiger charge is -2.11. The molecule has 0 saturated carbocycles. The first-order valence-electron chi connectivity index (χ1n) is 4.51. The van der Waals surface area contributed by atoms with Crippen molar-refractivity contribution >= 4 is 11.8 Å². The molecule has 16 heavy (non-hydrogen) atoms. The Balaban J connectivity index is 3.42. The molecular weight excluding hydrogens is 212 g/mol. The first-order chi connectivity index (χ1) is 7.51. The number of hydrogen-bond donors (Lipinski definition) is 1. The monoisotopic (exact) mass is 224 g/mol. The van der Waals surface area contributed by atoms with Gasteiger partial charge in [-0.1, -0.05) is 0 Å². The number of carbonyl (C=O) groups is 2. The molecule has 0 bridgehead atoms. The van der Waals surface area contributed by atoms with Crippen LogP contribution in [0.3, 0.4) is 0 Å². The van der Waals surface area contributed by atoms with Gasteiger partial charge >= 0.3 is 5.97 Å². The number of hydrogen-bond acceptors (Lipinski definition) is 4. The molecule has 1 rings (SSSR count). The average Bonchev–Trinajstić information content (AvgIpc) is 2.26. The predicted molar refractivity (Wildman–Crippen MR) is 56.2 cm³/mol. The molecule has 0 unspecified atom stereocenters. The van der Waals surface area contributed by atoms with E-state index < -0.39 is 11.8 Å². The van der Waals surface area contributed by atoms with Gasteiger partial charge in [0.2, 0.25) is 0 Å². The summed E-state index contributed by atoms with van der Waals surface area (Å²) in [5.41, 5.74) is 0.717. The number of Topliss-reactive ketones (excluding diaryl/α,β-unsaturated/α-hetero) is 1. The zero-order valence-electron chi connectivity index (χ0n) is 9.23. The smallest absolute Gasteiger partial charge is 0.377 e. The summed E-state index contributed by atoms with van der Waals surface area (Å²) in [5.74, 6) is -2.06. The van der Waals surface area contributed by atoms with Crippen molar-refractivity contribution in [1.82, 2.24) is 0 Å². The number of ketones is 1. The van der Waals surface area contributed by atoms with Gasteiger partial charge in [-0.15, -0.1) is 0 Å². The molecule has 0 aliphatic rings. The normalized spacial score (nSPS) is 9.69. The van der Waals surface area contributed by atoms with Crippen molar-refractivity contribution in [2.45, 2.75) is 6.92 Å². The maximum Gasteiger partial charge on any atom is 0.377 e. The van der Waals surface area contributed by atoms with Crippen molar-refractivity contribution < 1.29 is 24.2 Å². The van der Waals surface area contributed by atoms with E-state index in [1.807, 2.05) is 0 Å². The summed E-state index contributed by atoms with van der Waals surface area (Å²) in [6.45, 7) is 1.74. The highest BCUT2D eigenvalue weighted by atomic mass is 16.5. The molecule has 1 N–H and O–H groups in total. The summed E-state index contributed by atoms with van der Waals surface area (Å²) < 4.78 is 10.0. The third kappa shape index (κ3) is 2.13. The number of ether oxygens (including phenoxy) is 2. The molecule has 0 fully saturated rings. The van der Waals surface area contributed by atoms with Crippen LogP contribution in [0.1, 0.15) is 15.9 Å². The highest BCUT2D eigenvalue weighted by Gasteiger charge is 2.22. The second kappa shape index (κ2) is 4.65. The van der Waals surface area contributed by atoms with Gasteiger partial charge in [0, 0.05) is 0 Å². The highest BCUT2D eigenvalue weighted by Crippen LogP contribution is 2.32. The Morgan fingerprint density at radius 2 is 1.81 bits per heavy atom. The van der Waals surface area contributed by atoms with Gasteiger partial charge in [-0.25, -0.2) is 4.79 Å². The van der Waals surface area contributed by atoms with Gasteiger partial charge < -0.3 is 14.6 Å². The van der Waals surface area contributed by atoms with Gasteiger partial charge in [-0.05, 0) is 24.6 Å².